The van der Waals surface area contributed by atoms with E-state index in [0.29, 0.717) is 13.2 Å². The van der Waals surface area contributed by atoms with E-state index >= 15 is 0 Å². The minimum atomic E-state index is 0. The van der Waals surface area contributed by atoms with E-state index in [1.807, 2.05) is 25.1 Å². The van der Waals surface area contributed by atoms with Crippen molar-refractivity contribution in [1.82, 2.24) is 10.6 Å². The molecule has 26 heavy (non-hydrogen) atoms. The molecule has 0 aliphatic rings. The lowest BCUT2D eigenvalue weighted by Gasteiger charge is -2.12. The summed E-state index contributed by atoms with van der Waals surface area (Å²) in [5, 5.41) is 8.77. The highest BCUT2D eigenvalue weighted by molar-refractivity contribution is 14.0. The van der Waals surface area contributed by atoms with Crippen molar-refractivity contribution in [3.63, 3.8) is 0 Å². The summed E-state index contributed by atoms with van der Waals surface area (Å²) in [6.07, 6.45) is 0.999. The van der Waals surface area contributed by atoms with Gasteiger partial charge in [0.05, 0.1) is 20.3 Å². The Labute approximate surface area is 177 Å². The Morgan fingerprint density at radius 2 is 2.00 bits per heavy atom. The summed E-state index contributed by atoms with van der Waals surface area (Å²) in [6, 6.07) is 10.2. The van der Waals surface area contributed by atoms with Gasteiger partial charge in [-0.2, -0.15) is 0 Å². The van der Waals surface area contributed by atoms with Crippen molar-refractivity contribution in [2.75, 3.05) is 26.8 Å². The van der Waals surface area contributed by atoms with Crippen LogP contribution in [0.3, 0.4) is 0 Å². The molecule has 0 aliphatic carbocycles. The fourth-order valence-electron chi connectivity index (χ4n) is 2.36. The lowest BCUT2D eigenvalue weighted by atomic mass is 10.2. The van der Waals surface area contributed by atoms with Gasteiger partial charge in [0.2, 0.25) is 0 Å². The lowest BCUT2D eigenvalue weighted by molar-refractivity contribution is 0.310. The van der Waals surface area contributed by atoms with Crippen molar-refractivity contribution in [3.05, 3.63) is 46.2 Å². The molecule has 0 spiro atoms. The zero-order valence-electron chi connectivity index (χ0n) is 15.6. The van der Waals surface area contributed by atoms with E-state index in [9.17, 15) is 0 Å². The normalized spacial score (nSPS) is 10.8. The number of hydrogen-bond acceptors (Lipinski definition) is 4. The summed E-state index contributed by atoms with van der Waals surface area (Å²) in [4.78, 5) is 6.04. The Balaban J connectivity index is 0.00000338. The van der Waals surface area contributed by atoms with Gasteiger partial charge in [-0.05, 0) is 49.4 Å². The molecule has 2 aromatic rings. The molecule has 0 atom stereocenters. The molecule has 0 aliphatic heterocycles. The van der Waals surface area contributed by atoms with Gasteiger partial charge in [-0.25, -0.2) is 4.99 Å². The fourth-order valence-corrected chi connectivity index (χ4v) is 3.07. The molecule has 144 valence electrons. The standard InChI is InChI=1S/C19H27N3O2S.HI/c1-4-20-19(21-11-10-16-7-6-12-25-16)22-14-15-8-9-17(23-3)18(13-15)24-5-2;/h6-9,12-13H,4-5,10-11,14H2,1-3H3,(H2,20,21,22);1H. The fraction of sp³-hybridized carbons (Fsp3) is 0.421. The second-order valence-corrected chi connectivity index (χ2v) is 6.40. The monoisotopic (exact) mass is 489 g/mol. The van der Waals surface area contributed by atoms with Crippen LogP contribution in [0.4, 0.5) is 0 Å². The molecule has 0 saturated heterocycles. The quantitative estimate of drug-likeness (QED) is 0.317. The van der Waals surface area contributed by atoms with Gasteiger partial charge in [-0.3, -0.25) is 0 Å². The van der Waals surface area contributed by atoms with Gasteiger partial charge in [-0.15, -0.1) is 35.3 Å². The van der Waals surface area contributed by atoms with E-state index in [0.717, 1.165) is 42.5 Å². The van der Waals surface area contributed by atoms with Crippen LogP contribution in [0.2, 0.25) is 0 Å². The zero-order valence-corrected chi connectivity index (χ0v) is 18.7. The molecule has 0 bridgehead atoms. The van der Waals surface area contributed by atoms with Crippen LogP contribution in [0.15, 0.2) is 40.7 Å². The Morgan fingerprint density at radius 1 is 1.15 bits per heavy atom. The first-order chi connectivity index (χ1) is 12.3. The molecular weight excluding hydrogens is 461 g/mol. The molecule has 1 heterocycles. The maximum atomic E-state index is 5.63. The number of benzene rings is 1. The van der Waals surface area contributed by atoms with Crippen LogP contribution in [0.25, 0.3) is 0 Å². The zero-order chi connectivity index (χ0) is 17.9. The molecule has 0 saturated carbocycles. The van der Waals surface area contributed by atoms with Crippen LogP contribution < -0.4 is 20.1 Å². The second-order valence-electron chi connectivity index (χ2n) is 5.37. The van der Waals surface area contributed by atoms with E-state index in [2.05, 4.69) is 40.1 Å². The minimum Gasteiger partial charge on any atom is -0.493 e. The Bertz CT molecular complexity index is 663. The highest BCUT2D eigenvalue weighted by atomic mass is 127. The van der Waals surface area contributed by atoms with E-state index in [1.165, 1.54) is 4.88 Å². The summed E-state index contributed by atoms with van der Waals surface area (Å²) in [5.74, 6) is 2.33. The van der Waals surface area contributed by atoms with E-state index < -0.39 is 0 Å². The molecule has 1 aromatic heterocycles. The maximum Gasteiger partial charge on any atom is 0.191 e. The first-order valence-corrected chi connectivity index (χ1v) is 9.49. The van der Waals surface area contributed by atoms with Crippen molar-refractivity contribution in [3.8, 4) is 11.5 Å². The molecule has 2 N–H and O–H groups in total. The first-order valence-electron chi connectivity index (χ1n) is 8.61. The van der Waals surface area contributed by atoms with Crippen LogP contribution in [0, 0.1) is 0 Å². The topological polar surface area (TPSA) is 54.9 Å². The number of methoxy groups -OCH3 is 1. The van der Waals surface area contributed by atoms with Gasteiger partial charge in [0, 0.05) is 18.0 Å². The summed E-state index contributed by atoms with van der Waals surface area (Å²) in [6.45, 7) is 6.91. The molecular formula is C19H28IN3O2S. The molecule has 2 rings (SSSR count). The maximum absolute atomic E-state index is 5.63. The lowest BCUT2D eigenvalue weighted by Crippen LogP contribution is -2.38. The van der Waals surface area contributed by atoms with Gasteiger partial charge >= 0.3 is 0 Å². The average molecular weight is 489 g/mol. The number of aliphatic imine (C=N–C) groups is 1. The number of rotatable bonds is 9. The van der Waals surface area contributed by atoms with Crippen molar-refractivity contribution in [2.45, 2.75) is 26.8 Å². The number of nitrogens with zero attached hydrogens (tertiary/aromatic N) is 1. The van der Waals surface area contributed by atoms with Gasteiger partial charge in [0.25, 0.3) is 0 Å². The third-order valence-electron chi connectivity index (χ3n) is 3.54. The Hall–Kier alpha value is -1.48. The largest absolute Gasteiger partial charge is 0.493 e. The number of ether oxygens (including phenoxy) is 2. The molecule has 7 heteroatoms. The molecule has 0 unspecified atom stereocenters. The highest BCUT2D eigenvalue weighted by Gasteiger charge is 2.05. The van der Waals surface area contributed by atoms with Crippen molar-refractivity contribution >= 4 is 41.3 Å². The second kappa shape index (κ2) is 12.8. The van der Waals surface area contributed by atoms with Crippen LogP contribution in [0.5, 0.6) is 11.5 Å². The van der Waals surface area contributed by atoms with Gasteiger partial charge < -0.3 is 20.1 Å². The number of guanidine groups is 1. The summed E-state index contributed by atoms with van der Waals surface area (Å²) < 4.78 is 10.9. The SMILES string of the molecule is CCNC(=NCc1ccc(OC)c(OCC)c1)NCCc1cccs1.I. The predicted octanol–water partition coefficient (Wildman–Crippen LogP) is 4.07. The Kier molecular flexibility index (Phi) is 11.1. The molecule has 0 amide bonds. The summed E-state index contributed by atoms with van der Waals surface area (Å²) in [7, 11) is 1.65. The van der Waals surface area contributed by atoms with Crippen molar-refractivity contribution < 1.29 is 9.47 Å². The van der Waals surface area contributed by atoms with E-state index in [4.69, 9.17) is 9.47 Å². The summed E-state index contributed by atoms with van der Waals surface area (Å²) >= 11 is 1.78. The predicted molar refractivity (Wildman–Crippen MR) is 120 cm³/mol. The number of thiophene rings is 1. The smallest absolute Gasteiger partial charge is 0.191 e. The number of halogens is 1. The van der Waals surface area contributed by atoms with Crippen LogP contribution >= 0.6 is 35.3 Å². The number of hydrogen-bond donors (Lipinski definition) is 2. The highest BCUT2D eigenvalue weighted by Crippen LogP contribution is 2.28. The van der Waals surface area contributed by atoms with Gasteiger partial charge in [0.15, 0.2) is 17.5 Å². The van der Waals surface area contributed by atoms with Crippen molar-refractivity contribution in [1.29, 1.82) is 0 Å². The van der Waals surface area contributed by atoms with Crippen molar-refractivity contribution in [2.24, 2.45) is 4.99 Å². The first kappa shape index (κ1) is 22.6. The average Bonchev–Trinajstić information content (AvgIpc) is 3.13. The van der Waals surface area contributed by atoms with Crippen LogP contribution in [-0.2, 0) is 13.0 Å². The Morgan fingerprint density at radius 3 is 2.65 bits per heavy atom. The minimum absolute atomic E-state index is 0. The number of nitrogens with one attached hydrogen (secondary N) is 2. The van der Waals surface area contributed by atoms with Crippen LogP contribution in [-0.4, -0.2) is 32.8 Å². The molecule has 5 nitrogen and oxygen atoms in total. The summed E-state index contributed by atoms with van der Waals surface area (Å²) in [5.41, 5.74) is 1.08. The van der Waals surface area contributed by atoms with E-state index in [1.54, 1.807) is 18.4 Å². The van der Waals surface area contributed by atoms with Gasteiger partial charge in [-0.1, -0.05) is 12.1 Å². The molecule has 0 fully saturated rings. The third-order valence-corrected chi connectivity index (χ3v) is 4.47. The van der Waals surface area contributed by atoms with E-state index in [-0.39, 0.29) is 24.0 Å². The van der Waals surface area contributed by atoms with Crippen LogP contribution in [0.1, 0.15) is 24.3 Å². The molecule has 0 radical (unpaired) electrons. The third kappa shape index (κ3) is 7.41. The van der Waals surface area contributed by atoms with Gasteiger partial charge in [0.1, 0.15) is 0 Å². The molecule has 1 aromatic carbocycles.